The second kappa shape index (κ2) is 6.58. The molecule has 12 heteroatoms. The van der Waals surface area contributed by atoms with Crippen LogP contribution < -0.4 is 0 Å². The molecule has 27 heavy (non-hydrogen) atoms. The van der Waals surface area contributed by atoms with Crippen molar-refractivity contribution in [1.29, 1.82) is 0 Å². The number of nitrogens with zero attached hydrogens (tertiary/aromatic N) is 3. The number of hydrogen-bond donors (Lipinski definition) is 0. The Balaban J connectivity index is 1.96. The highest BCUT2D eigenvalue weighted by molar-refractivity contribution is 7.94. The Bertz CT molecular complexity index is 928. The Hall–Kier alpha value is -1.42. The molecule has 0 N–H and O–H groups in total. The zero-order valence-electron chi connectivity index (χ0n) is 14.1. The summed E-state index contributed by atoms with van der Waals surface area (Å²) in [7, 11) is -3.93. The lowest BCUT2D eigenvalue weighted by molar-refractivity contribution is -0.157. The summed E-state index contributed by atoms with van der Waals surface area (Å²) < 4.78 is 27.5. The van der Waals surface area contributed by atoms with E-state index in [1.165, 1.54) is 38.5 Å². The number of β-lactam (4-membered cyclic amide) rings is 1. The van der Waals surface area contributed by atoms with E-state index < -0.39 is 48.3 Å². The fourth-order valence-electron chi connectivity index (χ4n) is 3.10. The summed E-state index contributed by atoms with van der Waals surface area (Å²) in [6.07, 6.45) is 5.60. The standard InChI is InChI=1S/C15H14Cl3N3O5S/c1-14(2)10(13(23)26-7-15(16,17)18)21-11(22)9(12(21)27(14,24)25)5-8-6-19-3-4-20-8/h3-6,10,12H,7H2,1-2H3/b9-5+/t10-,12+/m0/s1. The Labute approximate surface area is 170 Å². The van der Waals surface area contributed by atoms with Gasteiger partial charge in [-0.1, -0.05) is 34.8 Å². The molecule has 0 bridgehead atoms. The number of carbonyl (C=O) groups is 2. The SMILES string of the molecule is CC1(C)[C@H](C(=O)OCC(Cl)(Cl)Cl)N2C(=O)/C(=C\c3cnccn3)[C@H]2S1(=O)=O. The summed E-state index contributed by atoms with van der Waals surface area (Å²) in [5.74, 6) is -1.56. The van der Waals surface area contributed by atoms with Gasteiger partial charge in [0.15, 0.2) is 21.3 Å². The van der Waals surface area contributed by atoms with Crippen molar-refractivity contribution in [3.05, 3.63) is 29.9 Å². The van der Waals surface area contributed by atoms with Crippen molar-refractivity contribution in [2.24, 2.45) is 0 Å². The normalized spacial score (nSPS) is 27.2. The third-order valence-corrected chi connectivity index (χ3v) is 7.54. The molecule has 8 nitrogen and oxygen atoms in total. The van der Waals surface area contributed by atoms with Crippen molar-refractivity contribution in [1.82, 2.24) is 14.9 Å². The summed E-state index contributed by atoms with van der Waals surface area (Å²) in [5, 5.41) is -1.27. The number of sulfone groups is 1. The van der Waals surface area contributed by atoms with Gasteiger partial charge in [0.05, 0.1) is 17.5 Å². The molecule has 146 valence electrons. The van der Waals surface area contributed by atoms with E-state index in [-0.39, 0.29) is 5.57 Å². The number of fused-ring (bicyclic) bond motifs is 1. The zero-order chi connectivity index (χ0) is 20.2. The topological polar surface area (TPSA) is 107 Å². The zero-order valence-corrected chi connectivity index (χ0v) is 17.2. The molecule has 0 aliphatic carbocycles. The fourth-order valence-corrected chi connectivity index (χ4v) is 5.38. The van der Waals surface area contributed by atoms with E-state index in [0.29, 0.717) is 5.69 Å². The molecular formula is C15H14Cl3N3O5S. The molecule has 0 radical (unpaired) electrons. The Morgan fingerprint density at radius 1 is 1.37 bits per heavy atom. The van der Waals surface area contributed by atoms with Gasteiger partial charge in [-0.3, -0.25) is 14.8 Å². The maximum atomic E-state index is 13.0. The minimum absolute atomic E-state index is 0.0141. The smallest absolute Gasteiger partial charge is 0.330 e. The van der Waals surface area contributed by atoms with Crippen molar-refractivity contribution < 1.29 is 22.7 Å². The Morgan fingerprint density at radius 3 is 2.59 bits per heavy atom. The Kier molecular flexibility index (Phi) is 4.95. The molecule has 2 aliphatic heterocycles. The molecule has 3 rings (SSSR count). The average molecular weight is 455 g/mol. The van der Waals surface area contributed by atoms with E-state index in [0.717, 1.165) is 4.90 Å². The molecule has 0 saturated carbocycles. The fraction of sp³-hybridized carbons (Fsp3) is 0.467. The molecule has 1 aromatic heterocycles. The minimum Gasteiger partial charge on any atom is -0.460 e. The number of esters is 1. The van der Waals surface area contributed by atoms with Crippen LogP contribution in [0, 0.1) is 0 Å². The van der Waals surface area contributed by atoms with Gasteiger partial charge in [0.1, 0.15) is 11.4 Å². The highest BCUT2D eigenvalue weighted by atomic mass is 35.6. The lowest BCUT2D eigenvalue weighted by Gasteiger charge is -2.38. The molecule has 1 aromatic rings. The van der Waals surface area contributed by atoms with E-state index in [4.69, 9.17) is 39.5 Å². The number of aromatic nitrogens is 2. The largest absolute Gasteiger partial charge is 0.460 e. The van der Waals surface area contributed by atoms with E-state index in [9.17, 15) is 18.0 Å². The van der Waals surface area contributed by atoms with Crippen molar-refractivity contribution in [2.75, 3.05) is 6.61 Å². The first-order chi connectivity index (χ1) is 12.4. The molecule has 2 saturated heterocycles. The highest BCUT2D eigenvalue weighted by Crippen LogP contribution is 2.49. The summed E-state index contributed by atoms with van der Waals surface area (Å²) in [4.78, 5) is 34.0. The van der Waals surface area contributed by atoms with Gasteiger partial charge < -0.3 is 9.64 Å². The van der Waals surface area contributed by atoms with Gasteiger partial charge in [-0.05, 0) is 19.9 Å². The first-order valence-electron chi connectivity index (χ1n) is 7.65. The quantitative estimate of drug-likeness (QED) is 0.295. The number of ether oxygens (including phenoxy) is 1. The van der Waals surface area contributed by atoms with Crippen LogP contribution in [0.15, 0.2) is 24.2 Å². The van der Waals surface area contributed by atoms with Crippen LogP contribution in [0.1, 0.15) is 19.5 Å². The third kappa shape index (κ3) is 3.30. The monoisotopic (exact) mass is 453 g/mol. The average Bonchev–Trinajstić information content (AvgIpc) is 2.72. The van der Waals surface area contributed by atoms with Gasteiger partial charge in [0, 0.05) is 12.4 Å². The van der Waals surface area contributed by atoms with Gasteiger partial charge in [-0.15, -0.1) is 0 Å². The molecule has 2 atom stereocenters. The number of halogens is 3. The number of alkyl halides is 3. The van der Waals surface area contributed by atoms with Crippen LogP contribution in [-0.2, 0) is 24.2 Å². The molecule has 2 aliphatic rings. The van der Waals surface area contributed by atoms with E-state index in [1.807, 2.05) is 0 Å². The minimum atomic E-state index is -3.93. The lowest BCUT2D eigenvalue weighted by Crippen LogP contribution is -2.59. The van der Waals surface area contributed by atoms with Crippen LogP contribution in [0.5, 0.6) is 0 Å². The van der Waals surface area contributed by atoms with Crippen molar-refractivity contribution in [3.8, 4) is 0 Å². The van der Waals surface area contributed by atoms with Crippen molar-refractivity contribution in [2.45, 2.75) is 33.8 Å². The van der Waals surface area contributed by atoms with Gasteiger partial charge in [0.2, 0.25) is 3.79 Å². The second-order valence-corrected chi connectivity index (χ2v) is 11.7. The van der Waals surface area contributed by atoms with E-state index in [2.05, 4.69) is 9.97 Å². The first-order valence-corrected chi connectivity index (χ1v) is 10.3. The van der Waals surface area contributed by atoms with Gasteiger partial charge in [-0.2, -0.15) is 0 Å². The number of hydrogen-bond acceptors (Lipinski definition) is 7. The highest BCUT2D eigenvalue weighted by Gasteiger charge is 2.70. The first kappa shape index (κ1) is 20.3. The summed E-state index contributed by atoms with van der Waals surface area (Å²) >= 11 is 16.7. The molecular weight excluding hydrogens is 441 g/mol. The van der Waals surface area contributed by atoms with Crippen LogP contribution in [0.25, 0.3) is 6.08 Å². The molecule has 3 heterocycles. The predicted octanol–water partition coefficient (Wildman–Crippen LogP) is 1.52. The van der Waals surface area contributed by atoms with Crippen LogP contribution in [-0.4, -0.2) is 61.7 Å². The molecule has 2 fully saturated rings. The molecule has 0 aromatic carbocycles. The van der Waals surface area contributed by atoms with Crippen molar-refractivity contribution in [3.63, 3.8) is 0 Å². The van der Waals surface area contributed by atoms with Gasteiger partial charge in [-0.25, -0.2) is 13.2 Å². The van der Waals surface area contributed by atoms with E-state index in [1.54, 1.807) is 0 Å². The molecule has 1 amide bonds. The van der Waals surface area contributed by atoms with Crippen LogP contribution >= 0.6 is 34.8 Å². The summed E-state index contributed by atoms with van der Waals surface area (Å²) in [5.41, 5.74) is 0.344. The molecule has 0 unspecified atom stereocenters. The number of rotatable bonds is 3. The van der Waals surface area contributed by atoms with E-state index >= 15 is 0 Å². The second-order valence-electron chi connectivity index (χ2n) is 6.57. The predicted molar refractivity (Wildman–Crippen MR) is 98.7 cm³/mol. The summed E-state index contributed by atoms with van der Waals surface area (Å²) in [6, 6.07) is -1.36. The maximum absolute atomic E-state index is 13.0. The number of carbonyl (C=O) groups excluding carboxylic acids is 2. The number of amides is 1. The molecule has 0 spiro atoms. The third-order valence-electron chi connectivity index (χ3n) is 4.45. The van der Waals surface area contributed by atoms with Gasteiger partial charge in [0.25, 0.3) is 5.91 Å². The van der Waals surface area contributed by atoms with Crippen molar-refractivity contribution >= 4 is 62.6 Å². The van der Waals surface area contributed by atoms with Gasteiger partial charge >= 0.3 is 5.97 Å². The maximum Gasteiger partial charge on any atom is 0.330 e. The van der Waals surface area contributed by atoms with Crippen LogP contribution in [0.2, 0.25) is 0 Å². The lowest BCUT2D eigenvalue weighted by atomic mass is 9.95. The van der Waals surface area contributed by atoms with Crippen LogP contribution in [0.4, 0.5) is 0 Å². The summed E-state index contributed by atoms with van der Waals surface area (Å²) in [6.45, 7) is 2.14. The Morgan fingerprint density at radius 2 is 2.04 bits per heavy atom. The van der Waals surface area contributed by atoms with Crippen LogP contribution in [0.3, 0.4) is 0 Å².